The highest BCUT2D eigenvalue weighted by molar-refractivity contribution is 6.05. The molecule has 2 saturated heterocycles. The van der Waals surface area contributed by atoms with Gasteiger partial charge in [-0.25, -0.2) is 0 Å². The lowest BCUT2D eigenvalue weighted by atomic mass is 9.86. The first-order valence-corrected chi connectivity index (χ1v) is 11.4. The van der Waals surface area contributed by atoms with Gasteiger partial charge in [-0.2, -0.15) is 0 Å². The average molecular weight is 441 g/mol. The molecule has 170 valence electrons. The van der Waals surface area contributed by atoms with Gasteiger partial charge in [0.25, 0.3) is 5.91 Å². The van der Waals surface area contributed by atoms with Crippen LogP contribution in [-0.4, -0.2) is 64.7 Å². The molecule has 9 heteroatoms. The maximum atomic E-state index is 12.9. The standard InChI is InChI=1S/C23H28N4O5/c24-21(29)14-10-26(11-14)17-3-1-2-4-19(17)32-15-5-6-16-13(9-15)12-27(23(16)31)18-7-8-20(28)25-22(18)30/h5-6,9,14,17-19H,1-4,7-8,10-12H2,(H2,24,29)(H,25,28,30). The molecule has 32 heavy (non-hydrogen) atoms. The van der Waals surface area contributed by atoms with Crippen molar-refractivity contribution in [3.8, 4) is 5.75 Å². The second-order valence-electron chi connectivity index (χ2n) is 9.28. The van der Waals surface area contributed by atoms with Crippen LogP contribution < -0.4 is 15.8 Å². The first-order valence-electron chi connectivity index (χ1n) is 11.4. The molecule has 0 bridgehead atoms. The zero-order chi connectivity index (χ0) is 22.4. The number of rotatable bonds is 5. The topological polar surface area (TPSA) is 122 Å². The largest absolute Gasteiger partial charge is 0.489 e. The SMILES string of the molecule is NC(=O)C1CN(C2CCCCC2Oc2ccc3c(c2)CN(C2CCC(=O)NC2=O)C3=O)C1. The van der Waals surface area contributed by atoms with Crippen molar-refractivity contribution in [2.24, 2.45) is 11.7 Å². The van der Waals surface area contributed by atoms with E-state index in [1.54, 1.807) is 11.0 Å². The molecule has 0 aromatic heterocycles. The van der Waals surface area contributed by atoms with Crippen molar-refractivity contribution >= 4 is 23.6 Å². The van der Waals surface area contributed by atoms with E-state index in [1.165, 1.54) is 0 Å². The quantitative estimate of drug-likeness (QED) is 0.645. The van der Waals surface area contributed by atoms with Gasteiger partial charge in [0.2, 0.25) is 17.7 Å². The van der Waals surface area contributed by atoms with Crippen molar-refractivity contribution in [1.29, 1.82) is 0 Å². The van der Waals surface area contributed by atoms with E-state index in [0.717, 1.165) is 31.2 Å². The van der Waals surface area contributed by atoms with Crippen molar-refractivity contribution in [1.82, 2.24) is 15.1 Å². The minimum absolute atomic E-state index is 0.0268. The summed E-state index contributed by atoms with van der Waals surface area (Å²) < 4.78 is 6.39. The molecule has 4 aliphatic rings. The number of primary amides is 1. The third kappa shape index (κ3) is 3.74. The number of benzene rings is 1. The second-order valence-corrected chi connectivity index (χ2v) is 9.28. The summed E-state index contributed by atoms with van der Waals surface area (Å²) in [6.45, 7) is 1.72. The summed E-state index contributed by atoms with van der Waals surface area (Å²) in [5, 5.41) is 2.33. The number of nitrogens with zero attached hydrogens (tertiary/aromatic N) is 2. The van der Waals surface area contributed by atoms with E-state index in [-0.39, 0.29) is 42.2 Å². The summed E-state index contributed by atoms with van der Waals surface area (Å²) in [4.78, 5) is 51.8. The van der Waals surface area contributed by atoms with Crippen LogP contribution in [0.25, 0.3) is 0 Å². The Labute approximate surface area is 186 Å². The highest BCUT2D eigenvalue weighted by Crippen LogP contribution is 2.34. The molecule has 9 nitrogen and oxygen atoms in total. The Balaban J connectivity index is 1.27. The van der Waals surface area contributed by atoms with Gasteiger partial charge in [-0.3, -0.25) is 29.4 Å². The third-order valence-electron chi connectivity index (χ3n) is 7.23. The van der Waals surface area contributed by atoms with Crippen molar-refractivity contribution in [3.05, 3.63) is 29.3 Å². The summed E-state index contributed by atoms with van der Waals surface area (Å²) >= 11 is 0. The predicted molar refractivity (Wildman–Crippen MR) is 113 cm³/mol. The molecule has 3 fully saturated rings. The summed E-state index contributed by atoms with van der Waals surface area (Å²) in [5.74, 6) is -0.481. The molecule has 1 saturated carbocycles. The molecule has 1 aromatic carbocycles. The number of carbonyl (C=O) groups is 4. The lowest BCUT2D eigenvalue weighted by Crippen LogP contribution is -2.60. The molecule has 1 aliphatic carbocycles. The van der Waals surface area contributed by atoms with Crippen molar-refractivity contribution in [2.45, 2.75) is 63.3 Å². The average Bonchev–Trinajstić information content (AvgIpc) is 3.03. The number of imide groups is 1. The van der Waals surface area contributed by atoms with Gasteiger partial charge in [-0.15, -0.1) is 0 Å². The van der Waals surface area contributed by atoms with E-state index in [0.29, 0.717) is 37.4 Å². The van der Waals surface area contributed by atoms with Crippen LogP contribution >= 0.6 is 0 Å². The van der Waals surface area contributed by atoms with Crippen LogP contribution in [0.3, 0.4) is 0 Å². The first kappa shape index (κ1) is 20.9. The lowest BCUT2D eigenvalue weighted by molar-refractivity contribution is -0.137. The van der Waals surface area contributed by atoms with Crippen molar-refractivity contribution in [2.75, 3.05) is 13.1 Å². The number of nitrogens with one attached hydrogen (secondary N) is 1. The number of carbonyl (C=O) groups excluding carboxylic acids is 4. The minimum atomic E-state index is -0.621. The lowest BCUT2D eigenvalue weighted by Gasteiger charge is -2.47. The molecular formula is C23H28N4O5. The number of amides is 4. The predicted octanol–water partition coefficient (Wildman–Crippen LogP) is 0.555. The summed E-state index contributed by atoms with van der Waals surface area (Å²) in [7, 11) is 0. The Morgan fingerprint density at radius 2 is 1.88 bits per heavy atom. The molecule has 5 rings (SSSR count). The molecule has 0 radical (unpaired) electrons. The smallest absolute Gasteiger partial charge is 0.255 e. The number of fused-ring (bicyclic) bond motifs is 1. The summed E-state index contributed by atoms with van der Waals surface area (Å²) in [6.07, 6.45) is 4.83. The third-order valence-corrected chi connectivity index (χ3v) is 7.23. The molecule has 1 aromatic rings. The Bertz CT molecular complexity index is 973. The van der Waals surface area contributed by atoms with E-state index >= 15 is 0 Å². The molecule has 3 unspecified atom stereocenters. The highest BCUT2D eigenvalue weighted by atomic mass is 16.5. The van der Waals surface area contributed by atoms with Gasteiger partial charge in [0.1, 0.15) is 17.9 Å². The van der Waals surface area contributed by atoms with Crippen LogP contribution in [0.5, 0.6) is 5.75 Å². The number of ether oxygens (including phenoxy) is 1. The van der Waals surface area contributed by atoms with Gasteiger partial charge >= 0.3 is 0 Å². The normalized spacial score (nSPS) is 28.8. The van der Waals surface area contributed by atoms with Crippen LogP contribution in [0.1, 0.15) is 54.4 Å². The fourth-order valence-electron chi connectivity index (χ4n) is 5.39. The van der Waals surface area contributed by atoms with Gasteiger partial charge in [0.05, 0.1) is 5.92 Å². The number of nitrogens with two attached hydrogens (primary N) is 1. The summed E-state index contributed by atoms with van der Waals surface area (Å²) in [5.41, 5.74) is 6.83. The molecule has 3 N–H and O–H groups in total. The van der Waals surface area contributed by atoms with Crippen LogP contribution in [0.15, 0.2) is 18.2 Å². The molecule has 3 aliphatic heterocycles. The zero-order valence-corrected chi connectivity index (χ0v) is 17.9. The zero-order valence-electron chi connectivity index (χ0n) is 17.9. The van der Waals surface area contributed by atoms with Gasteiger partial charge in [-0.05, 0) is 49.4 Å². The summed E-state index contributed by atoms with van der Waals surface area (Å²) in [6, 6.07) is 5.12. The van der Waals surface area contributed by atoms with Gasteiger partial charge in [0.15, 0.2) is 0 Å². The first-order chi connectivity index (χ1) is 15.4. The van der Waals surface area contributed by atoms with Crippen molar-refractivity contribution in [3.63, 3.8) is 0 Å². The van der Waals surface area contributed by atoms with Crippen molar-refractivity contribution < 1.29 is 23.9 Å². The number of hydrogen-bond donors (Lipinski definition) is 2. The molecule has 0 spiro atoms. The number of likely N-dealkylation sites (tertiary alicyclic amines) is 1. The molecule has 3 heterocycles. The van der Waals surface area contributed by atoms with E-state index < -0.39 is 11.9 Å². The number of hydrogen-bond acceptors (Lipinski definition) is 6. The van der Waals surface area contributed by atoms with Crippen LogP contribution in [0, 0.1) is 5.92 Å². The Kier molecular flexibility index (Phi) is 5.36. The molecular weight excluding hydrogens is 412 g/mol. The monoisotopic (exact) mass is 440 g/mol. The Hall–Kier alpha value is -2.94. The Morgan fingerprint density at radius 1 is 1.09 bits per heavy atom. The maximum absolute atomic E-state index is 12.9. The van der Waals surface area contributed by atoms with Crippen LogP contribution in [0.4, 0.5) is 0 Å². The van der Waals surface area contributed by atoms with Gasteiger partial charge in [-0.1, -0.05) is 6.42 Å². The van der Waals surface area contributed by atoms with E-state index in [2.05, 4.69) is 10.2 Å². The fourth-order valence-corrected chi connectivity index (χ4v) is 5.39. The van der Waals surface area contributed by atoms with Crippen LogP contribution in [-0.2, 0) is 20.9 Å². The number of piperidine rings is 1. The van der Waals surface area contributed by atoms with E-state index in [1.807, 2.05) is 12.1 Å². The van der Waals surface area contributed by atoms with Gasteiger partial charge in [0, 0.05) is 37.7 Å². The van der Waals surface area contributed by atoms with Gasteiger partial charge < -0.3 is 15.4 Å². The van der Waals surface area contributed by atoms with E-state index in [4.69, 9.17) is 10.5 Å². The Morgan fingerprint density at radius 3 is 2.62 bits per heavy atom. The molecule has 3 atom stereocenters. The highest BCUT2D eigenvalue weighted by Gasteiger charge is 2.41. The minimum Gasteiger partial charge on any atom is -0.489 e. The second kappa shape index (κ2) is 8.20. The van der Waals surface area contributed by atoms with E-state index in [9.17, 15) is 19.2 Å². The maximum Gasteiger partial charge on any atom is 0.255 e. The fraction of sp³-hybridized carbons (Fsp3) is 0.565. The molecule has 4 amide bonds. The van der Waals surface area contributed by atoms with Crippen LogP contribution in [0.2, 0.25) is 0 Å².